The van der Waals surface area contributed by atoms with Crippen LogP contribution >= 0.6 is 0 Å². The molecule has 1 aromatic rings. The molecule has 0 amide bonds. The summed E-state index contributed by atoms with van der Waals surface area (Å²) in [6, 6.07) is 0. The number of rotatable bonds is 4. The van der Waals surface area contributed by atoms with E-state index >= 15 is 0 Å². The first kappa shape index (κ1) is 15.7. The highest BCUT2D eigenvalue weighted by atomic mass is 16.4. The predicted octanol–water partition coefficient (Wildman–Crippen LogP) is 2.93. The molecule has 0 bridgehead atoms. The van der Waals surface area contributed by atoms with Gasteiger partial charge in [-0.15, -0.1) is 5.10 Å². The Morgan fingerprint density at radius 1 is 1.24 bits per heavy atom. The second-order valence-electron chi connectivity index (χ2n) is 5.86. The van der Waals surface area contributed by atoms with Crippen LogP contribution in [0, 0.1) is 5.92 Å². The number of hydrogen-bond acceptors (Lipinski definition) is 4. The highest BCUT2D eigenvalue weighted by Gasteiger charge is 2.25. The van der Waals surface area contributed by atoms with Crippen LogP contribution < -0.4 is 4.90 Å². The Hall–Kier alpha value is -1.65. The fraction of sp³-hybridized carbons (Fsp3) is 0.688. The summed E-state index contributed by atoms with van der Waals surface area (Å²) in [4.78, 5) is 13.9. The quantitative estimate of drug-likeness (QED) is 0.924. The Kier molecular flexibility index (Phi) is 5.15. The summed E-state index contributed by atoms with van der Waals surface area (Å²) in [6.07, 6.45) is 4.75. The van der Waals surface area contributed by atoms with Crippen molar-refractivity contribution in [1.29, 1.82) is 0 Å². The molecule has 1 atom stereocenters. The Morgan fingerprint density at radius 2 is 2.00 bits per heavy atom. The molecule has 1 unspecified atom stereocenters. The van der Waals surface area contributed by atoms with E-state index < -0.39 is 5.97 Å². The zero-order valence-electron chi connectivity index (χ0n) is 13.2. The van der Waals surface area contributed by atoms with E-state index in [1.807, 2.05) is 13.8 Å². The fourth-order valence-corrected chi connectivity index (χ4v) is 3.08. The van der Waals surface area contributed by atoms with Gasteiger partial charge in [0.2, 0.25) is 0 Å². The number of aryl methyl sites for hydroxylation is 1. The van der Waals surface area contributed by atoms with E-state index in [1.54, 1.807) is 0 Å². The number of carboxylic acid groups (broad SMARTS) is 1. The second-order valence-corrected chi connectivity index (χ2v) is 5.86. The van der Waals surface area contributed by atoms with Crippen molar-refractivity contribution >= 4 is 11.8 Å². The van der Waals surface area contributed by atoms with Gasteiger partial charge in [0.05, 0.1) is 5.69 Å². The van der Waals surface area contributed by atoms with Crippen molar-refractivity contribution in [3.05, 3.63) is 16.8 Å². The molecule has 0 aliphatic carbocycles. The molecule has 1 aliphatic heterocycles. The van der Waals surface area contributed by atoms with Crippen LogP contribution in [0.25, 0.3) is 0 Å². The molecule has 0 saturated carbocycles. The number of nitrogens with zero attached hydrogens (tertiary/aromatic N) is 3. The van der Waals surface area contributed by atoms with Crippen molar-refractivity contribution in [2.75, 3.05) is 18.0 Å². The van der Waals surface area contributed by atoms with Crippen LogP contribution in [-0.4, -0.2) is 34.4 Å². The summed E-state index contributed by atoms with van der Waals surface area (Å²) in [5.74, 6) is 0.367. The zero-order valence-corrected chi connectivity index (χ0v) is 13.2. The van der Waals surface area contributed by atoms with Gasteiger partial charge in [-0.25, -0.2) is 4.79 Å². The molecular formula is C16H25N3O2. The smallest absolute Gasteiger partial charge is 0.339 e. The van der Waals surface area contributed by atoms with E-state index in [9.17, 15) is 9.90 Å². The number of aromatic nitrogens is 2. The maximum atomic E-state index is 11.8. The number of anilines is 1. The maximum absolute atomic E-state index is 11.8. The Bertz CT molecular complexity index is 516. The summed E-state index contributed by atoms with van der Waals surface area (Å²) in [7, 11) is 0. The van der Waals surface area contributed by atoms with Crippen LogP contribution in [0.5, 0.6) is 0 Å². The fourth-order valence-electron chi connectivity index (χ4n) is 3.08. The summed E-state index contributed by atoms with van der Waals surface area (Å²) >= 11 is 0. The molecule has 5 nitrogen and oxygen atoms in total. The van der Waals surface area contributed by atoms with Gasteiger partial charge < -0.3 is 10.0 Å². The molecule has 0 spiro atoms. The number of carbonyl (C=O) groups is 1. The monoisotopic (exact) mass is 291 g/mol. The molecule has 0 aromatic carbocycles. The van der Waals surface area contributed by atoms with Crippen LogP contribution in [0.1, 0.15) is 61.6 Å². The lowest BCUT2D eigenvalue weighted by Crippen LogP contribution is -2.29. The molecule has 1 aliphatic rings. The first-order valence-electron chi connectivity index (χ1n) is 7.95. The number of aromatic carboxylic acids is 1. The average molecular weight is 291 g/mol. The van der Waals surface area contributed by atoms with Crippen molar-refractivity contribution in [2.45, 2.75) is 52.9 Å². The number of carboxylic acids is 1. The van der Waals surface area contributed by atoms with Gasteiger partial charge in [0.15, 0.2) is 5.82 Å². The van der Waals surface area contributed by atoms with Crippen LogP contribution in [-0.2, 0) is 12.8 Å². The maximum Gasteiger partial charge on any atom is 0.339 e. The van der Waals surface area contributed by atoms with E-state index in [1.165, 1.54) is 6.42 Å². The van der Waals surface area contributed by atoms with Crippen molar-refractivity contribution < 1.29 is 9.90 Å². The molecule has 5 heteroatoms. The van der Waals surface area contributed by atoms with Gasteiger partial charge in [0.1, 0.15) is 5.56 Å². The van der Waals surface area contributed by atoms with Crippen LogP contribution in [0.15, 0.2) is 0 Å². The highest BCUT2D eigenvalue weighted by Crippen LogP contribution is 2.27. The summed E-state index contributed by atoms with van der Waals surface area (Å²) < 4.78 is 0. The van der Waals surface area contributed by atoms with Crippen molar-refractivity contribution in [3.63, 3.8) is 0 Å². The van der Waals surface area contributed by atoms with Gasteiger partial charge in [0.25, 0.3) is 0 Å². The van der Waals surface area contributed by atoms with Crippen LogP contribution in [0.3, 0.4) is 0 Å². The minimum absolute atomic E-state index is 0.360. The summed E-state index contributed by atoms with van der Waals surface area (Å²) in [5.41, 5.74) is 2.01. The molecule has 0 radical (unpaired) electrons. The lowest BCUT2D eigenvalue weighted by Gasteiger charge is -2.24. The lowest BCUT2D eigenvalue weighted by molar-refractivity contribution is 0.0695. The topological polar surface area (TPSA) is 66.3 Å². The third kappa shape index (κ3) is 3.34. The predicted molar refractivity (Wildman–Crippen MR) is 83.0 cm³/mol. The number of hydrogen-bond donors (Lipinski definition) is 1. The molecule has 2 rings (SSSR count). The van der Waals surface area contributed by atoms with Gasteiger partial charge in [-0.2, -0.15) is 5.10 Å². The van der Waals surface area contributed by atoms with E-state index in [4.69, 9.17) is 0 Å². The molecule has 1 saturated heterocycles. The average Bonchev–Trinajstić information content (AvgIpc) is 2.70. The van der Waals surface area contributed by atoms with E-state index in [0.29, 0.717) is 30.1 Å². The van der Waals surface area contributed by atoms with Crippen molar-refractivity contribution in [1.82, 2.24) is 10.2 Å². The lowest BCUT2D eigenvalue weighted by atomic mass is 10.0. The van der Waals surface area contributed by atoms with Gasteiger partial charge in [-0.1, -0.05) is 20.8 Å². The van der Waals surface area contributed by atoms with E-state index in [-0.39, 0.29) is 0 Å². The normalized spacial score (nSPS) is 19.4. The molecule has 2 heterocycles. The van der Waals surface area contributed by atoms with Crippen LogP contribution in [0.4, 0.5) is 5.82 Å². The first-order valence-corrected chi connectivity index (χ1v) is 7.95. The van der Waals surface area contributed by atoms with Gasteiger partial charge in [-0.05, 0) is 43.6 Å². The molecule has 1 aromatic heterocycles. The van der Waals surface area contributed by atoms with Crippen LogP contribution in [0.2, 0.25) is 0 Å². The van der Waals surface area contributed by atoms with E-state index in [2.05, 4.69) is 22.0 Å². The Morgan fingerprint density at radius 3 is 2.62 bits per heavy atom. The minimum atomic E-state index is -0.885. The molecule has 1 fully saturated rings. The largest absolute Gasteiger partial charge is 0.478 e. The minimum Gasteiger partial charge on any atom is -0.478 e. The third-order valence-corrected chi connectivity index (χ3v) is 4.36. The second kappa shape index (κ2) is 6.87. The highest BCUT2D eigenvalue weighted by molar-refractivity contribution is 5.95. The molecular weight excluding hydrogens is 266 g/mol. The van der Waals surface area contributed by atoms with Crippen molar-refractivity contribution in [2.24, 2.45) is 5.92 Å². The summed E-state index contributed by atoms with van der Waals surface area (Å²) in [6.45, 7) is 7.96. The van der Waals surface area contributed by atoms with Gasteiger partial charge in [-0.3, -0.25) is 0 Å². The zero-order chi connectivity index (χ0) is 15.4. The molecule has 116 valence electrons. The Balaban J connectivity index is 2.45. The van der Waals surface area contributed by atoms with Gasteiger partial charge in [0, 0.05) is 13.1 Å². The van der Waals surface area contributed by atoms with Gasteiger partial charge >= 0.3 is 5.97 Å². The molecule has 1 N–H and O–H groups in total. The standard InChI is InChI=1S/C16H25N3O2/c1-4-12-13(5-2)17-18-15(14(12)16(20)21)19-9-6-7-11(3)8-10-19/h11H,4-10H2,1-3H3,(H,20,21). The first-order chi connectivity index (χ1) is 10.1. The Labute approximate surface area is 126 Å². The SMILES string of the molecule is CCc1nnc(N2CCCC(C)CC2)c(C(=O)O)c1CC. The molecule has 21 heavy (non-hydrogen) atoms. The van der Waals surface area contributed by atoms with E-state index in [0.717, 1.165) is 37.2 Å². The third-order valence-electron chi connectivity index (χ3n) is 4.36. The summed E-state index contributed by atoms with van der Waals surface area (Å²) in [5, 5.41) is 18.2. The van der Waals surface area contributed by atoms with Crippen molar-refractivity contribution in [3.8, 4) is 0 Å².